The Hall–Kier alpha value is -1.16. The van der Waals surface area contributed by atoms with E-state index in [1.165, 1.54) is 0 Å². The lowest BCUT2D eigenvalue weighted by molar-refractivity contribution is 0.222. The molecule has 76 valence electrons. The number of ether oxygens (including phenoxy) is 1. The molecule has 0 saturated carbocycles. The molecule has 0 saturated heterocycles. The molecule has 3 nitrogen and oxygen atoms in total. The molecule has 1 aromatic carbocycles. The Morgan fingerprint density at radius 2 is 2.00 bits per heavy atom. The summed E-state index contributed by atoms with van der Waals surface area (Å²) < 4.78 is 5.13. The zero-order valence-corrected chi connectivity index (χ0v) is 9.14. The molecule has 1 aromatic rings. The van der Waals surface area contributed by atoms with Crippen LogP contribution in [0.5, 0.6) is 5.75 Å². The Balaban J connectivity index is 3.08. The smallest absolute Gasteiger partial charge is 0.369 e. The summed E-state index contributed by atoms with van der Waals surface area (Å²) in [5.41, 5.74) is 1.86. The molecule has 14 heavy (non-hydrogen) atoms. The van der Waals surface area contributed by atoms with Gasteiger partial charge in [0.2, 0.25) is 0 Å². The SMILES string of the molecule is COc1cc(C)c(SC(=O)O)cc1C. The first kappa shape index (κ1) is 10.9. The molecule has 0 atom stereocenters. The first-order valence-electron chi connectivity index (χ1n) is 4.10. The fourth-order valence-electron chi connectivity index (χ4n) is 1.19. The summed E-state index contributed by atoms with van der Waals surface area (Å²) in [6, 6.07) is 3.67. The van der Waals surface area contributed by atoms with Gasteiger partial charge in [-0.3, -0.25) is 0 Å². The highest BCUT2D eigenvalue weighted by Gasteiger charge is 2.08. The fraction of sp³-hybridized carbons (Fsp3) is 0.300. The largest absolute Gasteiger partial charge is 0.496 e. The van der Waals surface area contributed by atoms with E-state index in [1.54, 1.807) is 7.11 Å². The Bertz CT molecular complexity index is 361. The van der Waals surface area contributed by atoms with Crippen LogP contribution >= 0.6 is 11.8 Å². The number of thioether (sulfide) groups is 1. The monoisotopic (exact) mass is 212 g/mol. The first-order valence-corrected chi connectivity index (χ1v) is 4.92. The van der Waals surface area contributed by atoms with Crippen molar-refractivity contribution >= 4 is 17.1 Å². The lowest BCUT2D eigenvalue weighted by Crippen LogP contribution is -1.92. The molecule has 0 aliphatic heterocycles. The van der Waals surface area contributed by atoms with Gasteiger partial charge in [0.15, 0.2) is 0 Å². The number of methoxy groups -OCH3 is 1. The van der Waals surface area contributed by atoms with Gasteiger partial charge in [-0.1, -0.05) is 0 Å². The zero-order chi connectivity index (χ0) is 10.7. The lowest BCUT2D eigenvalue weighted by Gasteiger charge is -2.08. The third-order valence-corrected chi connectivity index (χ3v) is 2.72. The van der Waals surface area contributed by atoms with Crippen LogP contribution in [-0.2, 0) is 0 Å². The van der Waals surface area contributed by atoms with Crippen molar-refractivity contribution in [2.75, 3.05) is 7.11 Å². The van der Waals surface area contributed by atoms with E-state index < -0.39 is 5.30 Å². The van der Waals surface area contributed by atoms with Crippen molar-refractivity contribution in [2.24, 2.45) is 0 Å². The maximum Gasteiger partial charge on any atom is 0.369 e. The topological polar surface area (TPSA) is 46.5 Å². The molecule has 1 rings (SSSR count). The van der Waals surface area contributed by atoms with Crippen LogP contribution in [0, 0.1) is 13.8 Å². The van der Waals surface area contributed by atoms with E-state index in [0.29, 0.717) is 0 Å². The van der Waals surface area contributed by atoms with Gasteiger partial charge in [-0.25, -0.2) is 4.79 Å². The summed E-state index contributed by atoms with van der Waals surface area (Å²) in [6.07, 6.45) is 0. The van der Waals surface area contributed by atoms with E-state index in [1.807, 2.05) is 26.0 Å². The van der Waals surface area contributed by atoms with Crippen molar-refractivity contribution in [3.8, 4) is 5.75 Å². The van der Waals surface area contributed by atoms with Crippen LogP contribution in [0.15, 0.2) is 17.0 Å². The van der Waals surface area contributed by atoms with E-state index in [-0.39, 0.29) is 0 Å². The molecule has 0 amide bonds. The van der Waals surface area contributed by atoms with Gasteiger partial charge >= 0.3 is 5.30 Å². The van der Waals surface area contributed by atoms with E-state index in [0.717, 1.165) is 33.5 Å². The molecule has 0 radical (unpaired) electrons. The summed E-state index contributed by atoms with van der Waals surface area (Å²) in [6.45, 7) is 3.76. The molecule has 0 aliphatic rings. The van der Waals surface area contributed by atoms with E-state index >= 15 is 0 Å². The van der Waals surface area contributed by atoms with E-state index in [4.69, 9.17) is 9.84 Å². The number of hydrogen-bond donors (Lipinski definition) is 1. The summed E-state index contributed by atoms with van der Waals surface area (Å²) in [7, 11) is 1.60. The molecule has 0 aliphatic carbocycles. The number of aryl methyl sites for hydroxylation is 2. The number of rotatable bonds is 2. The summed E-state index contributed by atoms with van der Waals surface area (Å²) in [5.74, 6) is 0.789. The lowest BCUT2D eigenvalue weighted by atomic mass is 10.1. The molecular weight excluding hydrogens is 200 g/mol. The number of benzene rings is 1. The Kier molecular flexibility index (Phi) is 3.41. The Labute approximate surface area is 87.1 Å². The van der Waals surface area contributed by atoms with E-state index in [9.17, 15) is 4.79 Å². The fourth-order valence-corrected chi connectivity index (χ4v) is 1.83. The number of hydrogen-bond acceptors (Lipinski definition) is 3. The van der Waals surface area contributed by atoms with E-state index in [2.05, 4.69) is 0 Å². The van der Waals surface area contributed by atoms with Crippen molar-refractivity contribution in [2.45, 2.75) is 18.7 Å². The van der Waals surface area contributed by atoms with Crippen LogP contribution in [-0.4, -0.2) is 17.5 Å². The molecule has 0 bridgehead atoms. The van der Waals surface area contributed by atoms with Gasteiger partial charge in [0.1, 0.15) is 5.75 Å². The standard InChI is InChI=1S/C10H12O3S/c1-6-5-9(14-10(11)12)7(2)4-8(6)13-3/h4-5H,1-3H3,(H,11,12). The predicted octanol–water partition coefficient (Wildman–Crippen LogP) is 3.08. The van der Waals surface area contributed by atoms with Gasteiger partial charge in [-0.2, -0.15) is 0 Å². The molecule has 0 spiro atoms. The maximum absolute atomic E-state index is 10.5. The zero-order valence-electron chi connectivity index (χ0n) is 8.33. The van der Waals surface area contributed by atoms with Gasteiger partial charge < -0.3 is 9.84 Å². The summed E-state index contributed by atoms with van der Waals surface area (Å²) in [4.78, 5) is 11.3. The third-order valence-electron chi connectivity index (χ3n) is 1.89. The van der Waals surface area contributed by atoms with Crippen molar-refractivity contribution in [1.82, 2.24) is 0 Å². The minimum Gasteiger partial charge on any atom is -0.496 e. The third kappa shape index (κ3) is 2.42. The average molecular weight is 212 g/mol. The van der Waals surface area contributed by atoms with Crippen LogP contribution in [0.3, 0.4) is 0 Å². The van der Waals surface area contributed by atoms with Crippen molar-refractivity contribution < 1.29 is 14.6 Å². The van der Waals surface area contributed by atoms with Crippen molar-refractivity contribution in [3.63, 3.8) is 0 Å². The molecule has 0 unspecified atom stereocenters. The van der Waals surface area contributed by atoms with Crippen molar-refractivity contribution in [1.29, 1.82) is 0 Å². The van der Waals surface area contributed by atoms with Gasteiger partial charge in [-0.15, -0.1) is 0 Å². The predicted molar refractivity (Wildman–Crippen MR) is 56.3 cm³/mol. The van der Waals surface area contributed by atoms with Gasteiger partial charge in [0.25, 0.3) is 0 Å². The summed E-state index contributed by atoms with van der Waals surface area (Å²) >= 11 is 0.820. The van der Waals surface area contributed by atoms with Gasteiger partial charge in [-0.05, 0) is 48.9 Å². The first-order chi connectivity index (χ1) is 6.54. The quantitative estimate of drug-likeness (QED) is 0.765. The normalized spacial score (nSPS) is 9.93. The van der Waals surface area contributed by atoms with Crippen LogP contribution in [0.2, 0.25) is 0 Å². The van der Waals surface area contributed by atoms with Crippen LogP contribution in [0.25, 0.3) is 0 Å². The Morgan fingerprint density at radius 3 is 2.50 bits per heavy atom. The van der Waals surface area contributed by atoms with Gasteiger partial charge in [0.05, 0.1) is 7.11 Å². The second-order valence-corrected chi connectivity index (χ2v) is 3.95. The van der Waals surface area contributed by atoms with Crippen molar-refractivity contribution in [3.05, 3.63) is 23.3 Å². The molecule has 4 heteroatoms. The number of carbonyl (C=O) groups is 1. The minimum atomic E-state index is -0.891. The van der Waals surface area contributed by atoms with Crippen LogP contribution in [0.1, 0.15) is 11.1 Å². The molecule has 1 N–H and O–H groups in total. The highest BCUT2D eigenvalue weighted by atomic mass is 32.2. The minimum absolute atomic E-state index is 0.760. The molecule has 0 fully saturated rings. The molecule has 0 heterocycles. The second-order valence-electron chi connectivity index (χ2n) is 2.96. The Morgan fingerprint density at radius 1 is 1.36 bits per heavy atom. The van der Waals surface area contributed by atoms with Crippen LogP contribution < -0.4 is 4.74 Å². The second kappa shape index (κ2) is 4.37. The van der Waals surface area contributed by atoms with Crippen LogP contribution in [0.4, 0.5) is 4.79 Å². The highest BCUT2D eigenvalue weighted by molar-refractivity contribution is 8.13. The maximum atomic E-state index is 10.5. The molecule has 0 aromatic heterocycles. The highest BCUT2D eigenvalue weighted by Crippen LogP contribution is 2.29. The summed E-state index contributed by atoms with van der Waals surface area (Å²) in [5, 5.41) is 7.75. The number of carboxylic acid groups (broad SMARTS) is 1. The average Bonchev–Trinajstić information content (AvgIpc) is 2.10. The molecular formula is C10H12O3S. The van der Waals surface area contributed by atoms with Gasteiger partial charge in [0, 0.05) is 4.90 Å².